The molecule has 0 heterocycles. The van der Waals surface area contributed by atoms with Crippen molar-refractivity contribution in [2.24, 2.45) is 0 Å². The molecule has 1 aromatic carbocycles. The van der Waals surface area contributed by atoms with E-state index in [2.05, 4.69) is 21.2 Å². The van der Waals surface area contributed by atoms with Crippen LogP contribution in [0.5, 0.6) is 0 Å². The maximum absolute atomic E-state index is 13.4. The van der Waals surface area contributed by atoms with E-state index in [9.17, 15) is 9.18 Å². The van der Waals surface area contributed by atoms with Crippen molar-refractivity contribution in [2.75, 3.05) is 0 Å². The van der Waals surface area contributed by atoms with Gasteiger partial charge in [0.2, 0.25) is 0 Å². The summed E-state index contributed by atoms with van der Waals surface area (Å²) >= 11 is 3.21. The van der Waals surface area contributed by atoms with Crippen molar-refractivity contribution in [3.8, 4) is 0 Å². The fraction of sp³-hybridized carbons (Fsp3) is 0.417. The zero-order valence-corrected chi connectivity index (χ0v) is 11.0. The topological polar surface area (TPSA) is 29.1 Å². The average molecular weight is 288 g/mol. The van der Waals surface area contributed by atoms with E-state index in [0.717, 1.165) is 12.8 Å². The third kappa shape index (κ3) is 3.59. The lowest BCUT2D eigenvalue weighted by atomic mass is 10.1. The van der Waals surface area contributed by atoms with Crippen LogP contribution in [0.25, 0.3) is 0 Å². The largest absolute Gasteiger partial charge is 0.349 e. The SMILES string of the molecule is CCC[C@H](C)NC(=O)c1cc(Br)ccc1F. The summed E-state index contributed by atoms with van der Waals surface area (Å²) in [4.78, 5) is 11.7. The molecule has 0 saturated heterocycles. The summed E-state index contributed by atoms with van der Waals surface area (Å²) in [5.41, 5.74) is 0.0809. The molecule has 1 atom stereocenters. The third-order valence-electron chi connectivity index (χ3n) is 2.27. The number of rotatable bonds is 4. The van der Waals surface area contributed by atoms with Gasteiger partial charge in [-0.2, -0.15) is 0 Å². The molecular weight excluding hydrogens is 273 g/mol. The Labute approximate surface area is 103 Å². The number of hydrogen-bond donors (Lipinski definition) is 1. The predicted octanol–water partition coefficient (Wildman–Crippen LogP) is 3.51. The highest BCUT2D eigenvalue weighted by Gasteiger charge is 2.13. The lowest BCUT2D eigenvalue weighted by Crippen LogP contribution is -2.32. The summed E-state index contributed by atoms with van der Waals surface area (Å²) in [6.45, 7) is 3.96. The van der Waals surface area contributed by atoms with Gasteiger partial charge in [0.1, 0.15) is 5.82 Å². The molecule has 0 aliphatic rings. The molecule has 16 heavy (non-hydrogen) atoms. The summed E-state index contributed by atoms with van der Waals surface area (Å²) in [6.07, 6.45) is 1.88. The number of carbonyl (C=O) groups is 1. The molecule has 0 aliphatic heterocycles. The summed E-state index contributed by atoms with van der Waals surface area (Å²) in [5, 5.41) is 2.77. The van der Waals surface area contributed by atoms with Crippen LogP contribution >= 0.6 is 15.9 Å². The van der Waals surface area contributed by atoms with Gasteiger partial charge in [-0.3, -0.25) is 4.79 Å². The van der Waals surface area contributed by atoms with E-state index in [1.54, 1.807) is 6.07 Å². The molecule has 1 N–H and O–H groups in total. The van der Waals surface area contributed by atoms with E-state index in [0.29, 0.717) is 4.47 Å². The predicted molar refractivity (Wildman–Crippen MR) is 65.9 cm³/mol. The number of benzene rings is 1. The minimum atomic E-state index is -0.496. The van der Waals surface area contributed by atoms with Crippen LogP contribution in [0.1, 0.15) is 37.0 Å². The molecular formula is C12H15BrFNO. The zero-order chi connectivity index (χ0) is 12.1. The van der Waals surface area contributed by atoms with Gasteiger partial charge in [0.15, 0.2) is 0 Å². The fourth-order valence-corrected chi connectivity index (χ4v) is 1.84. The molecule has 1 aromatic rings. The Balaban J connectivity index is 2.76. The summed E-state index contributed by atoms with van der Waals surface area (Å²) in [7, 11) is 0. The molecule has 0 saturated carbocycles. The Morgan fingerprint density at radius 2 is 2.25 bits per heavy atom. The first kappa shape index (κ1) is 13.2. The second-order valence-corrected chi connectivity index (χ2v) is 4.70. The first-order valence-corrected chi connectivity index (χ1v) is 6.09. The molecule has 0 aliphatic carbocycles. The number of amides is 1. The zero-order valence-electron chi connectivity index (χ0n) is 9.39. The summed E-state index contributed by atoms with van der Waals surface area (Å²) < 4.78 is 14.1. The van der Waals surface area contributed by atoms with Crippen LogP contribution in [0.4, 0.5) is 4.39 Å². The average Bonchev–Trinajstić information content (AvgIpc) is 2.21. The van der Waals surface area contributed by atoms with Gasteiger partial charge in [-0.05, 0) is 31.5 Å². The smallest absolute Gasteiger partial charge is 0.254 e. The Morgan fingerprint density at radius 3 is 2.88 bits per heavy atom. The highest BCUT2D eigenvalue weighted by atomic mass is 79.9. The third-order valence-corrected chi connectivity index (χ3v) is 2.77. The Hall–Kier alpha value is -0.900. The molecule has 0 spiro atoms. The summed E-state index contributed by atoms with van der Waals surface area (Å²) in [6, 6.07) is 4.41. The van der Waals surface area contributed by atoms with Crippen molar-refractivity contribution in [1.29, 1.82) is 0 Å². The lowest BCUT2D eigenvalue weighted by Gasteiger charge is -2.13. The van der Waals surface area contributed by atoms with Crippen molar-refractivity contribution in [1.82, 2.24) is 5.32 Å². The molecule has 2 nitrogen and oxygen atoms in total. The minimum absolute atomic E-state index is 0.0656. The molecule has 4 heteroatoms. The standard InChI is InChI=1S/C12H15BrFNO/c1-3-4-8(2)15-12(16)10-7-9(13)5-6-11(10)14/h5-8H,3-4H2,1-2H3,(H,15,16)/t8-/m0/s1. The Morgan fingerprint density at radius 1 is 1.56 bits per heavy atom. The van der Waals surface area contributed by atoms with Crippen LogP contribution in [0, 0.1) is 5.82 Å². The van der Waals surface area contributed by atoms with E-state index >= 15 is 0 Å². The molecule has 0 radical (unpaired) electrons. The molecule has 0 bridgehead atoms. The van der Waals surface area contributed by atoms with Crippen LogP contribution in [0.15, 0.2) is 22.7 Å². The maximum Gasteiger partial charge on any atom is 0.254 e. The molecule has 0 aromatic heterocycles. The highest BCUT2D eigenvalue weighted by Crippen LogP contribution is 2.15. The first-order chi connectivity index (χ1) is 7.54. The lowest BCUT2D eigenvalue weighted by molar-refractivity contribution is 0.0934. The van der Waals surface area contributed by atoms with Gasteiger partial charge in [-0.1, -0.05) is 29.3 Å². The second kappa shape index (κ2) is 5.99. The molecule has 88 valence electrons. The number of carbonyl (C=O) groups excluding carboxylic acids is 1. The van der Waals surface area contributed by atoms with E-state index in [1.165, 1.54) is 12.1 Å². The van der Waals surface area contributed by atoms with Gasteiger partial charge in [0, 0.05) is 10.5 Å². The number of hydrogen-bond acceptors (Lipinski definition) is 1. The number of halogens is 2. The minimum Gasteiger partial charge on any atom is -0.349 e. The molecule has 0 fully saturated rings. The van der Waals surface area contributed by atoms with Crippen LogP contribution < -0.4 is 5.32 Å². The molecule has 1 amide bonds. The van der Waals surface area contributed by atoms with E-state index in [-0.39, 0.29) is 17.5 Å². The summed E-state index contributed by atoms with van der Waals surface area (Å²) in [5.74, 6) is -0.857. The normalized spacial score (nSPS) is 12.2. The van der Waals surface area contributed by atoms with Crippen molar-refractivity contribution in [3.05, 3.63) is 34.1 Å². The van der Waals surface area contributed by atoms with E-state index < -0.39 is 5.82 Å². The van der Waals surface area contributed by atoms with Crippen molar-refractivity contribution < 1.29 is 9.18 Å². The van der Waals surface area contributed by atoms with Gasteiger partial charge in [0.05, 0.1) is 5.56 Å². The quantitative estimate of drug-likeness (QED) is 0.902. The van der Waals surface area contributed by atoms with Crippen LogP contribution in [0.2, 0.25) is 0 Å². The van der Waals surface area contributed by atoms with Gasteiger partial charge in [-0.15, -0.1) is 0 Å². The molecule has 0 unspecified atom stereocenters. The molecule has 1 rings (SSSR count). The fourth-order valence-electron chi connectivity index (χ4n) is 1.48. The van der Waals surface area contributed by atoms with Crippen LogP contribution in [0.3, 0.4) is 0 Å². The van der Waals surface area contributed by atoms with Gasteiger partial charge < -0.3 is 5.32 Å². The maximum atomic E-state index is 13.4. The van der Waals surface area contributed by atoms with Gasteiger partial charge >= 0.3 is 0 Å². The first-order valence-electron chi connectivity index (χ1n) is 5.30. The van der Waals surface area contributed by atoms with E-state index in [4.69, 9.17) is 0 Å². The second-order valence-electron chi connectivity index (χ2n) is 3.79. The van der Waals surface area contributed by atoms with Crippen LogP contribution in [-0.2, 0) is 0 Å². The monoisotopic (exact) mass is 287 g/mol. The number of nitrogens with one attached hydrogen (secondary N) is 1. The van der Waals surface area contributed by atoms with Gasteiger partial charge in [0.25, 0.3) is 5.91 Å². The van der Waals surface area contributed by atoms with Crippen molar-refractivity contribution >= 4 is 21.8 Å². The van der Waals surface area contributed by atoms with Crippen LogP contribution in [-0.4, -0.2) is 11.9 Å². The van der Waals surface area contributed by atoms with Crippen molar-refractivity contribution in [3.63, 3.8) is 0 Å². The highest BCUT2D eigenvalue weighted by molar-refractivity contribution is 9.10. The van der Waals surface area contributed by atoms with Gasteiger partial charge in [-0.25, -0.2) is 4.39 Å². The van der Waals surface area contributed by atoms with E-state index in [1.807, 2.05) is 13.8 Å². The Bertz CT molecular complexity index is 381. The van der Waals surface area contributed by atoms with Crippen molar-refractivity contribution in [2.45, 2.75) is 32.7 Å². The Kier molecular flexibility index (Phi) is 4.93.